The summed E-state index contributed by atoms with van der Waals surface area (Å²) in [5.41, 5.74) is 4.72. The number of rotatable bonds is 5. The highest BCUT2D eigenvalue weighted by atomic mass is 16.5. The molecule has 2 amide bonds. The van der Waals surface area contributed by atoms with Gasteiger partial charge in [-0.05, 0) is 0 Å². The van der Waals surface area contributed by atoms with E-state index < -0.39 is 6.09 Å². The van der Waals surface area contributed by atoms with Crippen LogP contribution in [0.5, 0.6) is 0 Å². The van der Waals surface area contributed by atoms with Gasteiger partial charge in [0, 0.05) is 20.6 Å². The van der Waals surface area contributed by atoms with Crippen LogP contribution in [0.4, 0.5) is 4.79 Å². The molecular formula is C7H15N3O3. The highest BCUT2D eigenvalue weighted by Gasteiger charge is 2.01. The second kappa shape index (κ2) is 6.24. The number of carbonyl (C=O) groups is 2. The maximum absolute atomic E-state index is 11.0. The first-order valence-corrected chi connectivity index (χ1v) is 3.87. The fourth-order valence-corrected chi connectivity index (χ4v) is 0.577. The molecule has 0 saturated heterocycles. The van der Waals surface area contributed by atoms with Gasteiger partial charge in [-0.25, -0.2) is 4.79 Å². The molecule has 0 aliphatic carbocycles. The van der Waals surface area contributed by atoms with Crippen LogP contribution in [-0.4, -0.2) is 50.7 Å². The molecule has 6 nitrogen and oxygen atoms in total. The van der Waals surface area contributed by atoms with Gasteiger partial charge < -0.3 is 20.7 Å². The van der Waals surface area contributed by atoms with Gasteiger partial charge in [-0.1, -0.05) is 0 Å². The molecule has 0 heterocycles. The minimum atomic E-state index is -0.805. The number of hydrogen-bond acceptors (Lipinski definition) is 4. The Morgan fingerprint density at radius 3 is 2.54 bits per heavy atom. The SMILES string of the molecule is CN(C)C(=O)CNCCOC(N)=O. The lowest BCUT2D eigenvalue weighted by atomic mass is 10.5. The lowest BCUT2D eigenvalue weighted by Crippen LogP contribution is -2.34. The van der Waals surface area contributed by atoms with Crippen LogP contribution in [0, 0.1) is 0 Å². The van der Waals surface area contributed by atoms with Crippen LogP contribution in [0.2, 0.25) is 0 Å². The number of likely N-dealkylation sites (N-methyl/N-ethyl adjacent to an activating group) is 1. The van der Waals surface area contributed by atoms with Crippen molar-refractivity contribution in [2.24, 2.45) is 5.73 Å². The maximum atomic E-state index is 11.0. The fourth-order valence-electron chi connectivity index (χ4n) is 0.577. The van der Waals surface area contributed by atoms with Crippen LogP contribution in [-0.2, 0) is 9.53 Å². The zero-order valence-corrected chi connectivity index (χ0v) is 7.87. The molecule has 0 aliphatic rings. The summed E-state index contributed by atoms with van der Waals surface area (Å²) in [6.45, 7) is 0.827. The monoisotopic (exact) mass is 189 g/mol. The third-order valence-corrected chi connectivity index (χ3v) is 1.30. The van der Waals surface area contributed by atoms with Gasteiger partial charge in [-0.15, -0.1) is 0 Å². The highest BCUT2D eigenvalue weighted by molar-refractivity contribution is 5.77. The van der Waals surface area contributed by atoms with Crippen LogP contribution in [0.15, 0.2) is 0 Å². The summed E-state index contributed by atoms with van der Waals surface area (Å²) in [5, 5.41) is 2.80. The molecule has 0 atom stereocenters. The Kier molecular flexibility index (Phi) is 5.62. The standard InChI is InChI=1S/C7H15N3O3/c1-10(2)6(11)5-9-3-4-13-7(8)12/h9H,3-5H2,1-2H3,(H2,8,12). The van der Waals surface area contributed by atoms with E-state index in [1.54, 1.807) is 14.1 Å². The van der Waals surface area contributed by atoms with E-state index >= 15 is 0 Å². The molecular weight excluding hydrogens is 174 g/mol. The van der Waals surface area contributed by atoms with E-state index in [1.165, 1.54) is 4.90 Å². The second-order valence-electron chi connectivity index (χ2n) is 2.63. The maximum Gasteiger partial charge on any atom is 0.404 e. The first kappa shape index (κ1) is 11.7. The molecule has 0 aliphatic heterocycles. The number of primary amides is 1. The third-order valence-electron chi connectivity index (χ3n) is 1.30. The molecule has 0 aromatic carbocycles. The van der Waals surface area contributed by atoms with E-state index in [-0.39, 0.29) is 19.1 Å². The van der Waals surface area contributed by atoms with Gasteiger partial charge in [-0.2, -0.15) is 0 Å². The largest absolute Gasteiger partial charge is 0.448 e. The van der Waals surface area contributed by atoms with Gasteiger partial charge in [0.25, 0.3) is 0 Å². The molecule has 0 rings (SSSR count). The van der Waals surface area contributed by atoms with Crippen molar-refractivity contribution in [2.45, 2.75) is 0 Å². The van der Waals surface area contributed by atoms with Crippen molar-refractivity contribution in [1.82, 2.24) is 10.2 Å². The number of nitrogens with zero attached hydrogens (tertiary/aromatic N) is 1. The highest BCUT2D eigenvalue weighted by Crippen LogP contribution is 1.76. The summed E-state index contributed by atoms with van der Waals surface area (Å²) < 4.78 is 4.44. The lowest BCUT2D eigenvalue weighted by Gasteiger charge is -2.10. The number of hydrogen-bond donors (Lipinski definition) is 2. The smallest absolute Gasteiger partial charge is 0.404 e. The fraction of sp³-hybridized carbons (Fsp3) is 0.714. The Morgan fingerprint density at radius 1 is 1.46 bits per heavy atom. The Labute approximate surface area is 77.0 Å². The molecule has 0 fully saturated rings. The summed E-state index contributed by atoms with van der Waals surface area (Å²) in [5.74, 6) is -0.0286. The van der Waals surface area contributed by atoms with Gasteiger partial charge in [-0.3, -0.25) is 4.79 Å². The van der Waals surface area contributed by atoms with Crippen LogP contribution >= 0.6 is 0 Å². The zero-order chi connectivity index (χ0) is 10.3. The third kappa shape index (κ3) is 7.07. The van der Waals surface area contributed by atoms with Crippen LogP contribution in [0.1, 0.15) is 0 Å². The second-order valence-corrected chi connectivity index (χ2v) is 2.63. The lowest BCUT2D eigenvalue weighted by molar-refractivity contribution is -0.127. The molecule has 13 heavy (non-hydrogen) atoms. The summed E-state index contributed by atoms with van der Waals surface area (Å²) in [4.78, 5) is 22.5. The van der Waals surface area contributed by atoms with E-state index in [0.717, 1.165) is 0 Å². The van der Waals surface area contributed by atoms with Crippen molar-refractivity contribution in [3.05, 3.63) is 0 Å². The quantitative estimate of drug-likeness (QED) is 0.530. The molecule has 0 spiro atoms. The Morgan fingerprint density at radius 2 is 2.08 bits per heavy atom. The van der Waals surface area contributed by atoms with Crippen LogP contribution in [0.25, 0.3) is 0 Å². The normalized spacial score (nSPS) is 9.38. The zero-order valence-electron chi connectivity index (χ0n) is 7.87. The Bertz CT molecular complexity index is 182. The molecule has 76 valence electrons. The van der Waals surface area contributed by atoms with Crippen molar-refractivity contribution < 1.29 is 14.3 Å². The van der Waals surface area contributed by atoms with Gasteiger partial charge in [0.15, 0.2) is 0 Å². The van der Waals surface area contributed by atoms with Gasteiger partial charge in [0.05, 0.1) is 6.54 Å². The first-order chi connectivity index (χ1) is 6.04. The van der Waals surface area contributed by atoms with Crippen molar-refractivity contribution in [3.8, 4) is 0 Å². The molecule has 0 radical (unpaired) electrons. The van der Waals surface area contributed by atoms with Crippen molar-refractivity contribution in [1.29, 1.82) is 0 Å². The van der Waals surface area contributed by atoms with E-state index in [4.69, 9.17) is 5.73 Å². The minimum Gasteiger partial charge on any atom is -0.448 e. The summed E-state index contributed by atoms with van der Waals surface area (Å²) >= 11 is 0. The van der Waals surface area contributed by atoms with E-state index in [0.29, 0.717) is 6.54 Å². The first-order valence-electron chi connectivity index (χ1n) is 3.87. The number of ether oxygens (including phenoxy) is 1. The van der Waals surface area contributed by atoms with Gasteiger partial charge in [0.1, 0.15) is 6.61 Å². The predicted octanol–water partition coefficient (Wildman–Crippen LogP) is -1.24. The molecule has 0 saturated carbocycles. The van der Waals surface area contributed by atoms with E-state index in [9.17, 15) is 9.59 Å². The molecule has 0 bridgehead atoms. The number of amides is 2. The van der Waals surface area contributed by atoms with Gasteiger partial charge >= 0.3 is 6.09 Å². The van der Waals surface area contributed by atoms with Crippen molar-refractivity contribution in [3.63, 3.8) is 0 Å². The van der Waals surface area contributed by atoms with Crippen molar-refractivity contribution >= 4 is 12.0 Å². The van der Waals surface area contributed by atoms with E-state index in [2.05, 4.69) is 10.1 Å². The predicted molar refractivity (Wildman–Crippen MR) is 47.1 cm³/mol. The van der Waals surface area contributed by atoms with Crippen LogP contribution in [0.3, 0.4) is 0 Å². The topological polar surface area (TPSA) is 84.7 Å². The number of nitrogens with one attached hydrogen (secondary N) is 1. The van der Waals surface area contributed by atoms with E-state index in [1.807, 2.05) is 0 Å². The Hall–Kier alpha value is -1.30. The summed E-state index contributed by atoms with van der Waals surface area (Å²) in [7, 11) is 3.34. The average Bonchev–Trinajstić information content (AvgIpc) is 2.02. The Balaban J connectivity index is 3.26. The van der Waals surface area contributed by atoms with Crippen molar-refractivity contribution in [2.75, 3.05) is 33.8 Å². The number of carbonyl (C=O) groups excluding carboxylic acids is 2. The molecule has 0 unspecified atom stereocenters. The molecule has 0 aromatic rings. The van der Waals surface area contributed by atoms with Gasteiger partial charge in [0.2, 0.25) is 5.91 Å². The number of nitrogens with two attached hydrogens (primary N) is 1. The summed E-state index contributed by atoms with van der Waals surface area (Å²) in [6, 6.07) is 0. The van der Waals surface area contributed by atoms with Crippen LogP contribution < -0.4 is 11.1 Å². The molecule has 6 heteroatoms. The summed E-state index contributed by atoms with van der Waals surface area (Å²) in [6.07, 6.45) is -0.805. The average molecular weight is 189 g/mol. The minimum absolute atomic E-state index is 0.0286. The molecule has 0 aromatic heterocycles. The molecule has 3 N–H and O–H groups in total.